The number of halogens is 1. The molecule has 2 aliphatic heterocycles. The van der Waals surface area contributed by atoms with Crippen LogP contribution in [0.15, 0.2) is 24.3 Å². The van der Waals surface area contributed by atoms with Crippen LogP contribution in [-0.4, -0.2) is 67.0 Å². The molecule has 2 aliphatic rings. The smallest absolute Gasteiger partial charge is 0.318 e. The van der Waals surface area contributed by atoms with E-state index in [1.807, 2.05) is 4.90 Å². The molecule has 0 radical (unpaired) electrons. The lowest BCUT2D eigenvalue weighted by Gasteiger charge is -2.36. The Morgan fingerprint density at radius 2 is 1.56 bits per heavy atom. The van der Waals surface area contributed by atoms with Crippen molar-refractivity contribution in [3.8, 4) is 0 Å². The van der Waals surface area contributed by atoms with E-state index in [0.717, 1.165) is 31.6 Å². The fourth-order valence-electron chi connectivity index (χ4n) is 3.37. The van der Waals surface area contributed by atoms with Gasteiger partial charge in [0.25, 0.3) is 0 Å². The standard InChI is InChI=1S/C18H25FN4O2/c1-14(17(24)22-8-2-3-9-22)20-18(25)23-12-10-21(11-13-23)16-6-4-15(19)5-7-16/h4-7,14H,2-3,8-13H2,1H3,(H,20,25). The summed E-state index contributed by atoms with van der Waals surface area (Å²) in [5, 5.41) is 2.82. The molecule has 0 aromatic heterocycles. The molecule has 1 atom stereocenters. The molecule has 0 saturated carbocycles. The molecule has 1 aromatic rings. The van der Waals surface area contributed by atoms with Crippen LogP contribution in [0.25, 0.3) is 0 Å². The van der Waals surface area contributed by atoms with Gasteiger partial charge in [0.2, 0.25) is 5.91 Å². The number of urea groups is 1. The number of rotatable bonds is 3. The number of hydrogen-bond donors (Lipinski definition) is 1. The van der Waals surface area contributed by atoms with E-state index in [0.29, 0.717) is 26.2 Å². The molecule has 0 spiro atoms. The molecule has 1 unspecified atom stereocenters. The van der Waals surface area contributed by atoms with Gasteiger partial charge in [-0.25, -0.2) is 9.18 Å². The van der Waals surface area contributed by atoms with Crippen molar-refractivity contribution in [3.63, 3.8) is 0 Å². The molecule has 7 heteroatoms. The normalized spacial score (nSPS) is 19.0. The van der Waals surface area contributed by atoms with E-state index in [9.17, 15) is 14.0 Å². The monoisotopic (exact) mass is 348 g/mol. The zero-order valence-electron chi connectivity index (χ0n) is 14.6. The second-order valence-corrected chi connectivity index (χ2v) is 6.65. The maximum absolute atomic E-state index is 13.0. The quantitative estimate of drug-likeness (QED) is 0.904. The highest BCUT2D eigenvalue weighted by Crippen LogP contribution is 2.17. The summed E-state index contributed by atoms with van der Waals surface area (Å²) in [5.41, 5.74) is 0.957. The van der Waals surface area contributed by atoms with Crippen molar-refractivity contribution in [1.29, 1.82) is 0 Å². The summed E-state index contributed by atoms with van der Waals surface area (Å²) in [6.07, 6.45) is 2.08. The predicted octanol–water partition coefficient (Wildman–Crippen LogP) is 1.67. The summed E-state index contributed by atoms with van der Waals surface area (Å²) >= 11 is 0. The number of amides is 3. The van der Waals surface area contributed by atoms with Gasteiger partial charge in [-0.1, -0.05) is 0 Å². The summed E-state index contributed by atoms with van der Waals surface area (Å²) in [7, 11) is 0. The highest BCUT2D eigenvalue weighted by Gasteiger charge is 2.27. The second-order valence-electron chi connectivity index (χ2n) is 6.65. The topological polar surface area (TPSA) is 55.9 Å². The van der Waals surface area contributed by atoms with Gasteiger partial charge >= 0.3 is 6.03 Å². The Kier molecular flexibility index (Phi) is 5.40. The molecule has 0 aliphatic carbocycles. The molecule has 0 bridgehead atoms. The molecule has 6 nitrogen and oxygen atoms in total. The van der Waals surface area contributed by atoms with Crippen LogP contribution < -0.4 is 10.2 Å². The van der Waals surface area contributed by atoms with Crippen LogP contribution in [0.2, 0.25) is 0 Å². The minimum absolute atomic E-state index is 0.00389. The van der Waals surface area contributed by atoms with Crippen molar-refractivity contribution >= 4 is 17.6 Å². The molecule has 2 saturated heterocycles. The van der Waals surface area contributed by atoms with Gasteiger partial charge in [-0.3, -0.25) is 4.79 Å². The van der Waals surface area contributed by atoms with Crippen LogP contribution in [0.1, 0.15) is 19.8 Å². The molecule has 1 aromatic carbocycles. The van der Waals surface area contributed by atoms with Gasteiger partial charge in [0.15, 0.2) is 0 Å². The predicted molar refractivity (Wildman–Crippen MR) is 94.0 cm³/mol. The van der Waals surface area contributed by atoms with Gasteiger partial charge in [-0.05, 0) is 44.0 Å². The number of nitrogens with one attached hydrogen (secondary N) is 1. The number of carbonyl (C=O) groups excluding carboxylic acids is 2. The highest BCUT2D eigenvalue weighted by molar-refractivity contribution is 5.87. The minimum Gasteiger partial charge on any atom is -0.368 e. The van der Waals surface area contributed by atoms with E-state index >= 15 is 0 Å². The van der Waals surface area contributed by atoms with E-state index in [-0.39, 0.29) is 17.8 Å². The van der Waals surface area contributed by atoms with E-state index in [4.69, 9.17) is 0 Å². The first kappa shape index (κ1) is 17.5. The zero-order valence-corrected chi connectivity index (χ0v) is 14.6. The van der Waals surface area contributed by atoms with Crippen molar-refractivity contribution in [2.45, 2.75) is 25.8 Å². The molecule has 1 N–H and O–H groups in total. The average Bonchev–Trinajstić information content (AvgIpc) is 3.16. The average molecular weight is 348 g/mol. The third-order valence-electron chi connectivity index (χ3n) is 4.89. The maximum Gasteiger partial charge on any atom is 0.318 e. The first-order valence-electron chi connectivity index (χ1n) is 8.89. The first-order chi connectivity index (χ1) is 12.0. The fourth-order valence-corrected chi connectivity index (χ4v) is 3.37. The Labute approximate surface area is 147 Å². The van der Waals surface area contributed by atoms with Crippen molar-refractivity contribution in [1.82, 2.24) is 15.1 Å². The number of likely N-dealkylation sites (tertiary alicyclic amines) is 1. The lowest BCUT2D eigenvalue weighted by atomic mass is 10.2. The van der Waals surface area contributed by atoms with Gasteiger partial charge in [0.05, 0.1) is 0 Å². The molecule has 25 heavy (non-hydrogen) atoms. The van der Waals surface area contributed by atoms with Gasteiger partial charge in [0, 0.05) is 45.0 Å². The van der Waals surface area contributed by atoms with Crippen molar-refractivity contribution in [3.05, 3.63) is 30.1 Å². The van der Waals surface area contributed by atoms with Gasteiger partial charge in [-0.2, -0.15) is 0 Å². The summed E-state index contributed by atoms with van der Waals surface area (Å²) in [6.45, 7) is 5.85. The Morgan fingerprint density at radius 3 is 2.16 bits per heavy atom. The van der Waals surface area contributed by atoms with Crippen molar-refractivity contribution in [2.24, 2.45) is 0 Å². The molecular formula is C18H25FN4O2. The number of benzene rings is 1. The Bertz CT molecular complexity index is 608. The summed E-state index contributed by atoms with van der Waals surface area (Å²) < 4.78 is 13.0. The molecule has 2 fully saturated rings. The van der Waals surface area contributed by atoms with Crippen LogP contribution in [0, 0.1) is 5.82 Å². The highest BCUT2D eigenvalue weighted by atomic mass is 19.1. The largest absolute Gasteiger partial charge is 0.368 e. The van der Waals surface area contributed by atoms with Crippen LogP contribution in [-0.2, 0) is 4.79 Å². The van der Waals surface area contributed by atoms with Gasteiger partial charge < -0.3 is 20.0 Å². The molecule has 136 valence electrons. The zero-order chi connectivity index (χ0) is 17.8. The van der Waals surface area contributed by atoms with E-state index in [2.05, 4.69) is 10.2 Å². The van der Waals surface area contributed by atoms with Crippen LogP contribution in [0.4, 0.5) is 14.9 Å². The molecule has 3 rings (SSSR count). The second kappa shape index (κ2) is 7.72. The summed E-state index contributed by atoms with van der Waals surface area (Å²) in [5.74, 6) is -0.255. The van der Waals surface area contributed by atoms with Crippen LogP contribution in [0.5, 0.6) is 0 Å². The van der Waals surface area contributed by atoms with Gasteiger partial charge in [0.1, 0.15) is 11.9 Å². The van der Waals surface area contributed by atoms with Gasteiger partial charge in [-0.15, -0.1) is 0 Å². The lowest BCUT2D eigenvalue weighted by Crippen LogP contribution is -2.55. The number of piperazine rings is 1. The van der Waals surface area contributed by atoms with E-state index in [1.54, 1.807) is 24.0 Å². The number of hydrogen-bond acceptors (Lipinski definition) is 3. The van der Waals surface area contributed by atoms with Crippen LogP contribution >= 0.6 is 0 Å². The van der Waals surface area contributed by atoms with Crippen molar-refractivity contribution in [2.75, 3.05) is 44.2 Å². The molecular weight excluding hydrogens is 323 g/mol. The van der Waals surface area contributed by atoms with E-state index in [1.165, 1.54) is 12.1 Å². The Morgan fingerprint density at radius 1 is 0.960 bits per heavy atom. The first-order valence-corrected chi connectivity index (χ1v) is 8.89. The van der Waals surface area contributed by atoms with E-state index < -0.39 is 6.04 Å². The third-order valence-corrected chi connectivity index (χ3v) is 4.89. The number of anilines is 1. The lowest BCUT2D eigenvalue weighted by molar-refractivity contribution is -0.131. The Balaban J connectivity index is 1.47. The van der Waals surface area contributed by atoms with Crippen LogP contribution in [0.3, 0.4) is 0 Å². The summed E-state index contributed by atoms with van der Waals surface area (Å²) in [6, 6.07) is 5.70. The number of nitrogens with zero attached hydrogens (tertiary/aromatic N) is 3. The van der Waals surface area contributed by atoms with Crippen molar-refractivity contribution < 1.29 is 14.0 Å². The third kappa shape index (κ3) is 4.21. The summed E-state index contributed by atoms with van der Waals surface area (Å²) in [4.78, 5) is 30.3. The fraction of sp³-hybridized carbons (Fsp3) is 0.556. The minimum atomic E-state index is -0.499. The maximum atomic E-state index is 13.0. The number of carbonyl (C=O) groups is 2. The molecule has 3 amide bonds. The Hall–Kier alpha value is -2.31. The SMILES string of the molecule is CC(NC(=O)N1CCN(c2ccc(F)cc2)CC1)C(=O)N1CCCC1. The molecule has 2 heterocycles.